The molecule has 8 nitrogen and oxygen atoms in total. The van der Waals surface area contributed by atoms with Crippen LogP contribution in [-0.4, -0.2) is 47.2 Å². The number of hydrogen-bond acceptors (Lipinski definition) is 6. The van der Waals surface area contributed by atoms with Crippen molar-refractivity contribution in [1.29, 1.82) is 0 Å². The van der Waals surface area contributed by atoms with Gasteiger partial charge in [0, 0.05) is 6.42 Å². The highest BCUT2D eigenvalue weighted by molar-refractivity contribution is 5.77. The van der Waals surface area contributed by atoms with Gasteiger partial charge < -0.3 is 25.0 Å². The van der Waals surface area contributed by atoms with E-state index in [2.05, 4.69) is 5.32 Å². The highest BCUT2D eigenvalue weighted by Gasteiger charge is 2.27. The van der Waals surface area contributed by atoms with Crippen molar-refractivity contribution in [3.05, 3.63) is 0 Å². The van der Waals surface area contributed by atoms with Gasteiger partial charge in [0.05, 0.1) is 17.9 Å². The van der Waals surface area contributed by atoms with Crippen LogP contribution in [0.15, 0.2) is 0 Å². The van der Waals surface area contributed by atoms with Gasteiger partial charge in [0.1, 0.15) is 0 Å². The lowest BCUT2D eigenvalue weighted by atomic mass is 9.98. The van der Waals surface area contributed by atoms with Gasteiger partial charge in [-0.1, -0.05) is 20.3 Å². The molecule has 2 atom stereocenters. The van der Waals surface area contributed by atoms with E-state index in [1.54, 1.807) is 20.8 Å². The molecule has 0 spiro atoms. The molecular formula is C17H31NO7. The molecule has 0 fully saturated rings. The number of carbonyl (C=O) groups is 3. The lowest BCUT2D eigenvalue weighted by Gasteiger charge is -2.24. The molecule has 0 aromatic heterocycles. The van der Waals surface area contributed by atoms with Crippen LogP contribution in [0.4, 0.5) is 0 Å². The molecule has 0 aliphatic heterocycles. The first-order chi connectivity index (χ1) is 11.4. The number of aliphatic hydroxyl groups is 1. The monoisotopic (exact) mass is 361 g/mol. The summed E-state index contributed by atoms with van der Waals surface area (Å²) in [5.41, 5.74) is -0.723. The van der Waals surface area contributed by atoms with E-state index in [1.807, 2.05) is 13.8 Å². The number of aliphatic hydroxyl groups excluding tert-OH is 1. The first kappa shape index (κ1) is 23.3. The van der Waals surface area contributed by atoms with Crippen LogP contribution >= 0.6 is 0 Å². The molecule has 2 unspecified atom stereocenters. The van der Waals surface area contributed by atoms with Crippen LogP contribution in [0.1, 0.15) is 60.3 Å². The Kier molecular flexibility index (Phi) is 10.3. The van der Waals surface area contributed by atoms with Crippen molar-refractivity contribution in [2.75, 3.05) is 6.79 Å². The molecule has 0 aromatic rings. The van der Waals surface area contributed by atoms with Crippen LogP contribution in [0.2, 0.25) is 0 Å². The van der Waals surface area contributed by atoms with Gasteiger partial charge in [-0.25, -0.2) is 0 Å². The van der Waals surface area contributed by atoms with Crippen LogP contribution < -0.4 is 5.32 Å². The second-order valence-corrected chi connectivity index (χ2v) is 7.41. The Morgan fingerprint density at radius 1 is 1.16 bits per heavy atom. The average molecular weight is 361 g/mol. The first-order valence-corrected chi connectivity index (χ1v) is 8.41. The van der Waals surface area contributed by atoms with Crippen molar-refractivity contribution in [1.82, 2.24) is 5.32 Å². The summed E-state index contributed by atoms with van der Waals surface area (Å²) in [7, 11) is 0. The number of hydrogen-bond donors (Lipinski definition) is 3. The van der Waals surface area contributed by atoms with Crippen molar-refractivity contribution in [2.24, 2.45) is 11.3 Å². The summed E-state index contributed by atoms with van der Waals surface area (Å²) in [4.78, 5) is 34.4. The molecular weight excluding hydrogens is 330 g/mol. The second kappa shape index (κ2) is 11.0. The minimum absolute atomic E-state index is 0.236. The van der Waals surface area contributed by atoms with Gasteiger partial charge in [-0.2, -0.15) is 0 Å². The summed E-state index contributed by atoms with van der Waals surface area (Å²) >= 11 is 0. The van der Waals surface area contributed by atoms with E-state index >= 15 is 0 Å². The third-order valence-electron chi connectivity index (χ3n) is 3.31. The van der Waals surface area contributed by atoms with E-state index in [-0.39, 0.29) is 12.3 Å². The molecule has 0 rings (SSSR count). The van der Waals surface area contributed by atoms with Crippen LogP contribution in [-0.2, 0) is 23.9 Å². The summed E-state index contributed by atoms with van der Waals surface area (Å²) in [6.07, 6.45) is -0.329. The minimum atomic E-state index is -1.60. The minimum Gasteiger partial charge on any atom is -0.481 e. The third kappa shape index (κ3) is 11.5. The Balaban J connectivity index is 4.46. The molecule has 3 N–H and O–H groups in total. The predicted molar refractivity (Wildman–Crippen MR) is 90.4 cm³/mol. The van der Waals surface area contributed by atoms with E-state index in [4.69, 9.17) is 14.6 Å². The number of rotatable bonds is 11. The molecule has 1 amide bonds. The number of nitrogens with one attached hydrogen (secondary N) is 1. The summed E-state index contributed by atoms with van der Waals surface area (Å²) in [5, 5.41) is 21.3. The van der Waals surface area contributed by atoms with Crippen LogP contribution in [0.5, 0.6) is 0 Å². The Morgan fingerprint density at radius 3 is 2.24 bits per heavy atom. The smallest absolute Gasteiger partial charge is 0.313 e. The first-order valence-electron chi connectivity index (χ1n) is 8.41. The zero-order valence-corrected chi connectivity index (χ0v) is 15.7. The predicted octanol–water partition coefficient (Wildman–Crippen LogP) is 1.65. The lowest BCUT2D eigenvalue weighted by Crippen LogP contribution is -2.46. The van der Waals surface area contributed by atoms with Gasteiger partial charge in [0.25, 0.3) is 0 Å². The molecule has 0 heterocycles. The van der Waals surface area contributed by atoms with Gasteiger partial charge in [-0.05, 0) is 33.1 Å². The van der Waals surface area contributed by atoms with Crippen molar-refractivity contribution in [2.45, 2.75) is 72.6 Å². The van der Waals surface area contributed by atoms with Gasteiger partial charge in [0.2, 0.25) is 5.91 Å². The second-order valence-electron chi connectivity index (χ2n) is 7.41. The largest absolute Gasteiger partial charge is 0.481 e. The Labute approximate surface area is 148 Å². The highest BCUT2D eigenvalue weighted by atomic mass is 16.7. The number of carbonyl (C=O) groups excluding carboxylic acids is 2. The number of ether oxygens (including phenoxy) is 2. The fourth-order valence-electron chi connectivity index (χ4n) is 1.85. The SMILES string of the molecule is CC(C)CCCC(=O)NC(CC(=O)O)C(O)OCOC(=O)C(C)(C)C. The highest BCUT2D eigenvalue weighted by Crippen LogP contribution is 2.15. The fraction of sp³-hybridized carbons (Fsp3) is 0.824. The van der Waals surface area contributed by atoms with Gasteiger partial charge in [-0.3, -0.25) is 14.4 Å². The van der Waals surface area contributed by atoms with Gasteiger partial charge >= 0.3 is 11.9 Å². The van der Waals surface area contributed by atoms with Crippen LogP contribution in [0, 0.1) is 11.3 Å². The standard InChI is InChI=1S/C17H31NO7/c1-11(2)7-6-8-13(19)18-12(9-14(20)21)15(22)24-10-25-16(23)17(3,4)5/h11-12,15,22H,6-10H2,1-5H3,(H,18,19)(H,20,21). The molecule has 0 saturated carbocycles. The van der Waals surface area contributed by atoms with E-state index in [1.165, 1.54) is 0 Å². The molecule has 0 bridgehead atoms. The number of aliphatic carboxylic acids is 1. The number of carboxylic acid groups (broad SMARTS) is 1. The maximum Gasteiger partial charge on any atom is 0.313 e. The van der Waals surface area contributed by atoms with Crippen molar-refractivity contribution in [3.8, 4) is 0 Å². The van der Waals surface area contributed by atoms with E-state index in [0.29, 0.717) is 12.3 Å². The molecule has 0 aliphatic rings. The lowest BCUT2D eigenvalue weighted by molar-refractivity contribution is -0.199. The Hall–Kier alpha value is -1.67. The molecule has 8 heteroatoms. The molecule has 0 saturated heterocycles. The summed E-state index contributed by atoms with van der Waals surface area (Å²) < 4.78 is 9.80. The Bertz CT molecular complexity index is 443. The number of amides is 1. The Morgan fingerprint density at radius 2 is 1.76 bits per heavy atom. The normalized spacial score (nSPS) is 14.0. The van der Waals surface area contributed by atoms with E-state index in [0.717, 1.165) is 6.42 Å². The maximum absolute atomic E-state index is 11.9. The molecule has 0 radical (unpaired) electrons. The average Bonchev–Trinajstić information content (AvgIpc) is 2.44. The topological polar surface area (TPSA) is 122 Å². The fourth-order valence-corrected chi connectivity index (χ4v) is 1.85. The molecule has 25 heavy (non-hydrogen) atoms. The molecule has 0 aliphatic carbocycles. The van der Waals surface area contributed by atoms with Crippen LogP contribution in [0.25, 0.3) is 0 Å². The summed E-state index contributed by atoms with van der Waals surface area (Å²) in [5.74, 6) is -1.61. The zero-order chi connectivity index (χ0) is 19.6. The number of carboxylic acids is 1. The van der Waals surface area contributed by atoms with E-state index < -0.39 is 42.9 Å². The number of esters is 1. The van der Waals surface area contributed by atoms with Crippen molar-refractivity contribution < 1.29 is 34.1 Å². The third-order valence-corrected chi connectivity index (χ3v) is 3.31. The molecule has 146 valence electrons. The summed E-state index contributed by atoms with van der Waals surface area (Å²) in [6, 6.07) is -1.13. The van der Waals surface area contributed by atoms with Crippen molar-refractivity contribution in [3.63, 3.8) is 0 Å². The van der Waals surface area contributed by atoms with Gasteiger partial charge in [-0.15, -0.1) is 0 Å². The zero-order valence-electron chi connectivity index (χ0n) is 15.7. The van der Waals surface area contributed by atoms with Crippen molar-refractivity contribution >= 4 is 17.8 Å². The van der Waals surface area contributed by atoms with Gasteiger partial charge in [0.15, 0.2) is 13.1 Å². The maximum atomic E-state index is 11.9. The quantitative estimate of drug-likeness (QED) is 0.378. The summed E-state index contributed by atoms with van der Waals surface area (Å²) in [6.45, 7) is 8.54. The van der Waals surface area contributed by atoms with E-state index in [9.17, 15) is 19.5 Å². The van der Waals surface area contributed by atoms with Crippen LogP contribution in [0.3, 0.4) is 0 Å². The molecule has 0 aromatic carbocycles.